The molecule has 0 amide bonds. The van der Waals surface area contributed by atoms with Gasteiger partial charge in [0.15, 0.2) is 0 Å². The van der Waals surface area contributed by atoms with Crippen molar-refractivity contribution < 1.29 is 19.1 Å². The zero-order valence-corrected chi connectivity index (χ0v) is 20.5. The van der Waals surface area contributed by atoms with E-state index in [1.54, 1.807) is 0 Å². The molecule has 0 spiro atoms. The number of allylic oxidation sites excluding steroid dienone is 4. The number of ether oxygens (including phenoxy) is 2. The SMILES string of the molecule is O=C1CCCCCCCC/C=C/CCCOC(=O)CCCCCCCC/C=C/CCCO1. The van der Waals surface area contributed by atoms with Gasteiger partial charge in [-0.05, 0) is 64.2 Å². The van der Waals surface area contributed by atoms with E-state index in [0.717, 1.165) is 64.2 Å². The van der Waals surface area contributed by atoms with Crippen LogP contribution in [-0.4, -0.2) is 25.2 Å². The first-order valence-electron chi connectivity index (χ1n) is 13.4. The molecule has 32 heavy (non-hydrogen) atoms. The number of hydrogen-bond donors (Lipinski definition) is 0. The lowest BCUT2D eigenvalue weighted by Gasteiger charge is -2.05. The van der Waals surface area contributed by atoms with Gasteiger partial charge >= 0.3 is 11.9 Å². The molecule has 4 heteroatoms. The van der Waals surface area contributed by atoms with Crippen molar-refractivity contribution in [3.63, 3.8) is 0 Å². The van der Waals surface area contributed by atoms with Crippen molar-refractivity contribution in [2.24, 2.45) is 0 Å². The summed E-state index contributed by atoms with van der Waals surface area (Å²) in [6, 6.07) is 0. The van der Waals surface area contributed by atoms with Crippen molar-refractivity contribution in [2.45, 2.75) is 128 Å². The van der Waals surface area contributed by atoms with Crippen LogP contribution in [0.5, 0.6) is 0 Å². The third-order valence-corrected chi connectivity index (χ3v) is 5.89. The Hall–Kier alpha value is -1.58. The van der Waals surface area contributed by atoms with E-state index >= 15 is 0 Å². The Balaban J connectivity index is 2.19. The molecule has 1 aliphatic rings. The van der Waals surface area contributed by atoms with Crippen LogP contribution in [0, 0.1) is 0 Å². The summed E-state index contributed by atoms with van der Waals surface area (Å²) in [5.74, 6) is -0.0675. The lowest BCUT2D eigenvalue weighted by Crippen LogP contribution is -2.05. The van der Waals surface area contributed by atoms with Crippen molar-refractivity contribution in [1.82, 2.24) is 0 Å². The molecule has 0 N–H and O–H groups in total. The Kier molecular flexibility index (Phi) is 20.1. The van der Waals surface area contributed by atoms with Gasteiger partial charge in [-0.3, -0.25) is 9.59 Å². The largest absolute Gasteiger partial charge is 0.466 e. The Bertz CT molecular complexity index is 464. The molecule has 1 rings (SSSR count). The predicted octanol–water partition coefficient (Wildman–Crippen LogP) is 8.00. The summed E-state index contributed by atoms with van der Waals surface area (Å²) in [7, 11) is 0. The standard InChI is InChI=1S/C28H48O4/c29-27-23-19-15-11-7-3-1-5-9-13-17-21-25-31-28(30)24-20-16-12-8-4-2-6-10-14-18-22-26-32-27/h9-10,13-14H,1-8,11-12,15-26H2/b13-9+,14-10+. The van der Waals surface area contributed by atoms with Crippen molar-refractivity contribution >= 4 is 11.9 Å². The Morgan fingerprint density at radius 3 is 1.12 bits per heavy atom. The molecular formula is C28H48O4. The fourth-order valence-corrected chi connectivity index (χ4v) is 3.87. The molecule has 0 radical (unpaired) electrons. The van der Waals surface area contributed by atoms with Crippen LogP contribution in [0.25, 0.3) is 0 Å². The fraction of sp³-hybridized carbons (Fsp3) is 0.786. The van der Waals surface area contributed by atoms with Gasteiger partial charge in [-0.25, -0.2) is 0 Å². The molecule has 0 aromatic heterocycles. The third kappa shape index (κ3) is 20.3. The third-order valence-electron chi connectivity index (χ3n) is 5.89. The number of hydrogen-bond acceptors (Lipinski definition) is 4. The molecule has 0 aromatic carbocycles. The summed E-state index contributed by atoms with van der Waals surface area (Å²) in [5, 5.41) is 0. The summed E-state index contributed by atoms with van der Waals surface area (Å²) in [6.07, 6.45) is 30.1. The molecule has 0 saturated carbocycles. The van der Waals surface area contributed by atoms with Crippen LogP contribution in [0.2, 0.25) is 0 Å². The van der Waals surface area contributed by atoms with Crippen LogP contribution in [0.15, 0.2) is 24.3 Å². The van der Waals surface area contributed by atoms with Crippen LogP contribution < -0.4 is 0 Å². The molecule has 1 aliphatic heterocycles. The molecule has 0 aromatic rings. The van der Waals surface area contributed by atoms with Crippen molar-refractivity contribution in [1.29, 1.82) is 0 Å². The summed E-state index contributed by atoms with van der Waals surface area (Å²) in [4.78, 5) is 23.5. The summed E-state index contributed by atoms with van der Waals surface area (Å²) >= 11 is 0. The van der Waals surface area contributed by atoms with E-state index in [-0.39, 0.29) is 11.9 Å². The first-order chi connectivity index (χ1) is 15.8. The van der Waals surface area contributed by atoms with E-state index < -0.39 is 0 Å². The average Bonchev–Trinajstić information content (AvgIpc) is 2.78. The van der Waals surface area contributed by atoms with E-state index in [1.165, 1.54) is 51.4 Å². The molecule has 184 valence electrons. The first kappa shape index (κ1) is 28.5. The number of carbonyl (C=O) groups is 2. The van der Waals surface area contributed by atoms with Crippen LogP contribution >= 0.6 is 0 Å². The quantitative estimate of drug-likeness (QED) is 0.278. The second kappa shape index (κ2) is 22.6. The highest BCUT2D eigenvalue weighted by Crippen LogP contribution is 2.11. The minimum absolute atomic E-state index is 0.0338. The first-order valence-corrected chi connectivity index (χ1v) is 13.4. The minimum atomic E-state index is -0.0338. The van der Waals surface area contributed by atoms with Gasteiger partial charge in [-0.1, -0.05) is 75.7 Å². The van der Waals surface area contributed by atoms with Crippen molar-refractivity contribution in [2.75, 3.05) is 13.2 Å². The molecule has 1 heterocycles. The lowest BCUT2D eigenvalue weighted by atomic mass is 10.1. The molecule has 0 atom stereocenters. The van der Waals surface area contributed by atoms with Crippen molar-refractivity contribution in [3.05, 3.63) is 24.3 Å². The Labute approximate surface area is 197 Å². The van der Waals surface area contributed by atoms with Crippen LogP contribution in [0.3, 0.4) is 0 Å². The fourth-order valence-electron chi connectivity index (χ4n) is 3.87. The number of esters is 2. The van der Waals surface area contributed by atoms with Gasteiger partial charge in [0.1, 0.15) is 0 Å². The van der Waals surface area contributed by atoms with Gasteiger partial charge in [0, 0.05) is 12.8 Å². The van der Waals surface area contributed by atoms with Crippen LogP contribution in [-0.2, 0) is 19.1 Å². The Morgan fingerprint density at radius 2 is 0.719 bits per heavy atom. The van der Waals surface area contributed by atoms with E-state index in [1.807, 2.05) is 0 Å². The normalized spacial score (nSPS) is 23.9. The summed E-state index contributed by atoms with van der Waals surface area (Å²) in [5.41, 5.74) is 0. The molecule has 0 saturated heterocycles. The highest BCUT2D eigenvalue weighted by molar-refractivity contribution is 5.69. The number of carbonyl (C=O) groups excluding carboxylic acids is 2. The topological polar surface area (TPSA) is 52.6 Å². The summed E-state index contributed by atoms with van der Waals surface area (Å²) in [6.45, 7) is 1.09. The van der Waals surface area contributed by atoms with Gasteiger partial charge in [0.25, 0.3) is 0 Å². The average molecular weight is 449 g/mol. The zero-order chi connectivity index (χ0) is 23.0. The van der Waals surface area contributed by atoms with E-state index in [0.29, 0.717) is 26.1 Å². The van der Waals surface area contributed by atoms with Gasteiger partial charge in [0.05, 0.1) is 13.2 Å². The second-order valence-corrected chi connectivity index (χ2v) is 8.99. The molecular weight excluding hydrogens is 400 g/mol. The molecule has 0 unspecified atom stereocenters. The van der Waals surface area contributed by atoms with E-state index in [2.05, 4.69) is 24.3 Å². The molecule has 0 fully saturated rings. The van der Waals surface area contributed by atoms with Crippen LogP contribution in [0.4, 0.5) is 0 Å². The van der Waals surface area contributed by atoms with Crippen LogP contribution in [0.1, 0.15) is 128 Å². The molecule has 4 nitrogen and oxygen atoms in total. The Morgan fingerprint density at radius 1 is 0.406 bits per heavy atom. The van der Waals surface area contributed by atoms with Crippen molar-refractivity contribution in [3.8, 4) is 0 Å². The van der Waals surface area contributed by atoms with Gasteiger partial charge in [0.2, 0.25) is 0 Å². The zero-order valence-electron chi connectivity index (χ0n) is 20.5. The summed E-state index contributed by atoms with van der Waals surface area (Å²) < 4.78 is 10.7. The van der Waals surface area contributed by atoms with Gasteiger partial charge in [-0.2, -0.15) is 0 Å². The maximum absolute atomic E-state index is 11.8. The van der Waals surface area contributed by atoms with Gasteiger partial charge < -0.3 is 9.47 Å². The highest BCUT2D eigenvalue weighted by atomic mass is 16.5. The molecule has 0 bridgehead atoms. The maximum Gasteiger partial charge on any atom is 0.305 e. The molecule has 0 aliphatic carbocycles. The van der Waals surface area contributed by atoms with E-state index in [4.69, 9.17) is 9.47 Å². The maximum atomic E-state index is 11.8. The number of cyclic esters (lactones) is 2. The predicted molar refractivity (Wildman–Crippen MR) is 133 cm³/mol. The van der Waals surface area contributed by atoms with E-state index in [9.17, 15) is 9.59 Å². The lowest BCUT2D eigenvalue weighted by molar-refractivity contribution is -0.144. The minimum Gasteiger partial charge on any atom is -0.466 e. The monoisotopic (exact) mass is 448 g/mol. The smallest absolute Gasteiger partial charge is 0.305 e. The second-order valence-electron chi connectivity index (χ2n) is 8.99. The highest BCUT2D eigenvalue weighted by Gasteiger charge is 2.03. The number of rotatable bonds is 0. The van der Waals surface area contributed by atoms with Gasteiger partial charge in [-0.15, -0.1) is 0 Å².